The number of hydrogen-bond donors (Lipinski definition) is 0. The van der Waals surface area contributed by atoms with Gasteiger partial charge in [0.1, 0.15) is 0 Å². The zero-order valence-corrected chi connectivity index (χ0v) is 9.13. The Balaban J connectivity index is 2.06. The van der Waals surface area contributed by atoms with E-state index in [1.807, 2.05) is 29.9 Å². The van der Waals surface area contributed by atoms with Crippen molar-refractivity contribution >= 4 is 22.9 Å². The van der Waals surface area contributed by atoms with Gasteiger partial charge in [0.25, 0.3) is 0 Å². The van der Waals surface area contributed by atoms with E-state index in [9.17, 15) is 0 Å². The van der Waals surface area contributed by atoms with Gasteiger partial charge in [-0.1, -0.05) is 30.3 Å². The lowest BCUT2D eigenvalue weighted by atomic mass is 10.1. The minimum atomic E-state index is 0.0462. The molecule has 14 heavy (non-hydrogen) atoms. The maximum Gasteiger partial charge on any atom is 0.0794 e. The van der Waals surface area contributed by atoms with E-state index < -0.39 is 0 Å². The molecule has 1 aromatic heterocycles. The van der Waals surface area contributed by atoms with Gasteiger partial charge in [-0.2, -0.15) is 0 Å². The van der Waals surface area contributed by atoms with Crippen LogP contribution in [0.3, 0.4) is 0 Å². The third-order valence-corrected chi connectivity index (χ3v) is 3.43. The molecular formula is C11H10ClNS. The Morgan fingerprint density at radius 3 is 2.71 bits per heavy atom. The Hall–Kier alpha value is -0.860. The van der Waals surface area contributed by atoms with E-state index in [2.05, 4.69) is 17.1 Å². The summed E-state index contributed by atoms with van der Waals surface area (Å²) in [5.41, 5.74) is 3.08. The van der Waals surface area contributed by atoms with Crippen LogP contribution in [0.1, 0.15) is 15.8 Å². The fraction of sp³-hybridized carbons (Fsp3) is 0.182. The Morgan fingerprint density at radius 1 is 1.29 bits per heavy atom. The van der Waals surface area contributed by atoms with Gasteiger partial charge in [-0.3, -0.25) is 4.98 Å². The van der Waals surface area contributed by atoms with E-state index in [1.54, 1.807) is 11.3 Å². The summed E-state index contributed by atoms with van der Waals surface area (Å²) < 4.78 is 0. The summed E-state index contributed by atoms with van der Waals surface area (Å²) in [7, 11) is 0. The van der Waals surface area contributed by atoms with Crippen molar-refractivity contribution < 1.29 is 0 Å². The lowest BCUT2D eigenvalue weighted by molar-refractivity contribution is 0.936. The van der Waals surface area contributed by atoms with Crippen molar-refractivity contribution in [2.24, 2.45) is 0 Å². The van der Waals surface area contributed by atoms with Gasteiger partial charge in [-0.15, -0.1) is 22.9 Å². The first kappa shape index (κ1) is 9.69. The Bertz CT molecular complexity index is 371. The molecule has 0 radical (unpaired) electrons. The molecule has 72 valence electrons. The minimum absolute atomic E-state index is 0.0462. The third kappa shape index (κ3) is 2.34. The molecule has 2 rings (SSSR count). The van der Waals surface area contributed by atoms with Crippen LogP contribution >= 0.6 is 22.9 Å². The normalized spacial score (nSPS) is 12.6. The fourth-order valence-corrected chi connectivity index (χ4v) is 2.29. The number of halogens is 1. The first-order valence-corrected chi connectivity index (χ1v) is 5.74. The standard InChI is InChI=1S/C11H10ClNS/c12-10(11-7-13-8-14-11)6-9-4-2-1-3-5-9/h1-5,7-8,10H,6H2. The number of rotatable bonds is 3. The maximum absolute atomic E-state index is 6.25. The third-order valence-electron chi connectivity index (χ3n) is 2.02. The Kier molecular flexibility index (Phi) is 3.17. The van der Waals surface area contributed by atoms with Gasteiger partial charge in [-0.05, 0) is 12.0 Å². The molecule has 1 unspecified atom stereocenters. The minimum Gasteiger partial charge on any atom is -0.253 e. The summed E-state index contributed by atoms with van der Waals surface area (Å²) in [5, 5.41) is 0.0462. The molecule has 0 fully saturated rings. The number of nitrogens with zero attached hydrogens (tertiary/aromatic N) is 1. The van der Waals surface area contributed by atoms with Crippen LogP contribution in [0.2, 0.25) is 0 Å². The summed E-state index contributed by atoms with van der Waals surface area (Å²) >= 11 is 7.86. The van der Waals surface area contributed by atoms with Crippen molar-refractivity contribution in [2.75, 3.05) is 0 Å². The van der Waals surface area contributed by atoms with Gasteiger partial charge in [-0.25, -0.2) is 0 Å². The molecule has 0 bridgehead atoms. The molecule has 0 N–H and O–H groups in total. The number of hydrogen-bond acceptors (Lipinski definition) is 2. The molecule has 0 aliphatic carbocycles. The first-order valence-electron chi connectivity index (χ1n) is 4.42. The highest BCUT2D eigenvalue weighted by atomic mass is 35.5. The van der Waals surface area contributed by atoms with Crippen LogP contribution in [0, 0.1) is 0 Å². The average molecular weight is 224 g/mol. The summed E-state index contributed by atoms with van der Waals surface area (Å²) in [4.78, 5) is 5.15. The van der Waals surface area contributed by atoms with Gasteiger partial charge in [0.15, 0.2) is 0 Å². The smallest absolute Gasteiger partial charge is 0.0794 e. The molecule has 0 amide bonds. The molecule has 0 aliphatic rings. The first-order chi connectivity index (χ1) is 6.86. The van der Waals surface area contributed by atoms with Gasteiger partial charge >= 0.3 is 0 Å². The van der Waals surface area contributed by atoms with Gasteiger partial charge in [0.2, 0.25) is 0 Å². The SMILES string of the molecule is ClC(Cc1ccccc1)c1cncs1. The number of alkyl halides is 1. The van der Waals surface area contributed by atoms with Crippen molar-refractivity contribution in [3.05, 3.63) is 52.5 Å². The van der Waals surface area contributed by atoms with Crippen LogP contribution in [0.5, 0.6) is 0 Å². The highest BCUT2D eigenvalue weighted by Gasteiger charge is 2.09. The molecule has 1 nitrogen and oxygen atoms in total. The van der Waals surface area contributed by atoms with Crippen molar-refractivity contribution in [2.45, 2.75) is 11.8 Å². The lowest BCUT2D eigenvalue weighted by Gasteiger charge is -2.05. The molecule has 1 heterocycles. The summed E-state index contributed by atoms with van der Waals surface area (Å²) in [6.07, 6.45) is 2.70. The molecule has 0 saturated carbocycles. The predicted octanol–water partition coefficient (Wildman–Crippen LogP) is 3.67. The molecule has 3 heteroatoms. The largest absolute Gasteiger partial charge is 0.253 e. The van der Waals surface area contributed by atoms with Crippen LogP contribution in [-0.2, 0) is 6.42 Å². The molecule has 0 saturated heterocycles. The van der Waals surface area contributed by atoms with Crippen molar-refractivity contribution in [1.29, 1.82) is 0 Å². The summed E-state index contributed by atoms with van der Waals surface area (Å²) in [6.45, 7) is 0. The highest BCUT2D eigenvalue weighted by molar-refractivity contribution is 7.09. The van der Waals surface area contributed by atoms with Crippen LogP contribution in [0.25, 0.3) is 0 Å². The van der Waals surface area contributed by atoms with Crippen molar-refractivity contribution in [3.8, 4) is 0 Å². The molecular weight excluding hydrogens is 214 g/mol. The van der Waals surface area contributed by atoms with Crippen LogP contribution in [0.15, 0.2) is 42.0 Å². The van der Waals surface area contributed by atoms with Gasteiger partial charge in [0, 0.05) is 11.1 Å². The van der Waals surface area contributed by atoms with Crippen molar-refractivity contribution in [3.63, 3.8) is 0 Å². The molecule has 0 aliphatic heterocycles. The number of aromatic nitrogens is 1. The predicted molar refractivity (Wildman–Crippen MR) is 60.9 cm³/mol. The van der Waals surface area contributed by atoms with E-state index >= 15 is 0 Å². The number of benzene rings is 1. The van der Waals surface area contributed by atoms with Crippen molar-refractivity contribution in [1.82, 2.24) is 4.98 Å². The lowest BCUT2D eigenvalue weighted by Crippen LogP contribution is -1.92. The Morgan fingerprint density at radius 2 is 2.07 bits per heavy atom. The topological polar surface area (TPSA) is 12.9 Å². The summed E-state index contributed by atoms with van der Waals surface area (Å²) in [5.74, 6) is 0. The zero-order valence-electron chi connectivity index (χ0n) is 7.56. The zero-order chi connectivity index (χ0) is 9.80. The van der Waals surface area contributed by atoms with Gasteiger partial charge < -0.3 is 0 Å². The van der Waals surface area contributed by atoms with E-state index in [0.29, 0.717) is 0 Å². The second-order valence-electron chi connectivity index (χ2n) is 3.06. The van der Waals surface area contributed by atoms with Gasteiger partial charge in [0.05, 0.1) is 10.9 Å². The average Bonchev–Trinajstić information content (AvgIpc) is 2.72. The van der Waals surface area contributed by atoms with Crippen LogP contribution < -0.4 is 0 Å². The molecule has 1 aromatic carbocycles. The van der Waals surface area contributed by atoms with Crippen LogP contribution in [0.4, 0.5) is 0 Å². The highest BCUT2D eigenvalue weighted by Crippen LogP contribution is 2.27. The van der Waals surface area contributed by atoms with E-state index in [-0.39, 0.29) is 5.38 Å². The second-order valence-corrected chi connectivity index (χ2v) is 4.51. The van der Waals surface area contributed by atoms with Crippen LogP contribution in [-0.4, -0.2) is 4.98 Å². The Labute approximate surface area is 92.4 Å². The van der Waals surface area contributed by atoms with E-state index in [4.69, 9.17) is 11.6 Å². The quantitative estimate of drug-likeness (QED) is 0.724. The second kappa shape index (κ2) is 4.58. The molecule has 1 atom stereocenters. The molecule has 0 spiro atoms. The van der Waals surface area contributed by atoms with E-state index in [0.717, 1.165) is 11.3 Å². The number of thiazole rings is 1. The maximum atomic E-state index is 6.25. The summed E-state index contributed by atoms with van der Waals surface area (Å²) in [6, 6.07) is 10.3. The monoisotopic (exact) mass is 223 g/mol. The van der Waals surface area contributed by atoms with E-state index in [1.165, 1.54) is 5.56 Å². The fourth-order valence-electron chi connectivity index (χ4n) is 1.30. The molecule has 2 aromatic rings.